The van der Waals surface area contributed by atoms with Crippen LogP contribution in [0.5, 0.6) is 0 Å². The Morgan fingerprint density at radius 2 is 2.17 bits per heavy atom. The average Bonchev–Trinajstić information content (AvgIpc) is 3.15. The Balaban J connectivity index is 1.75. The van der Waals surface area contributed by atoms with Crippen molar-refractivity contribution in [1.29, 1.82) is 0 Å². The molecule has 3 aliphatic heterocycles. The van der Waals surface area contributed by atoms with E-state index in [-0.39, 0.29) is 22.8 Å². The minimum absolute atomic E-state index is 0.000162. The van der Waals surface area contributed by atoms with Crippen LogP contribution in [0.1, 0.15) is 44.6 Å². The van der Waals surface area contributed by atoms with Gasteiger partial charge in [0.05, 0.1) is 18.5 Å². The Morgan fingerprint density at radius 1 is 1.33 bits per heavy atom. The van der Waals surface area contributed by atoms with E-state index in [0.717, 1.165) is 24.9 Å². The lowest BCUT2D eigenvalue weighted by Crippen LogP contribution is -3.18. The van der Waals surface area contributed by atoms with Gasteiger partial charge in [0, 0.05) is 35.5 Å². The van der Waals surface area contributed by atoms with Crippen molar-refractivity contribution in [1.82, 2.24) is 0 Å². The van der Waals surface area contributed by atoms with E-state index in [2.05, 4.69) is 36.5 Å². The number of hydrogen-bond donors (Lipinski definition) is 2. The topological polar surface area (TPSA) is 56.6 Å². The first-order valence-corrected chi connectivity index (χ1v) is 9.54. The quantitative estimate of drug-likeness (QED) is 0.824. The summed E-state index contributed by atoms with van der Waals surface area (Å²) in [4.78, 5) is 13.8. The summed E-state index contributed by atoms with van der Waals surface area (Å²) in [5, 5.41) is 15.7. The molecular formula is C20H26N2O2. The molecule has 3 heterocycles. The fourth-order valence-electron chi connectivity index (χ4n) is 7.16. The van der Waals surface area contributed by atoms with Crippen LogP contribution >= 0.6 is 0 Å². The number of para-hydroxylation sites is 1. The zero-order valence-corrected chi connectivity index (χ0v) is 14.3. The van der Waals surface area contributed by atoms with Gasteiger partial charge < -0.3 is 20.1 Å². The van der Waals surface area contributed by atoms with Gasteiger partial charge in [0.2, 0.25) is 0 Å². The van der Waals surface area contributed by atoms with Crippen molar-refractivity contribution < 1.29 is 14.8 Å². The fourth-order valence-corrected chi connectivity index (χ4v) is 7.16. The third-order valence-corrected chi connectivity index (χ3v) is 7.90. The van der Waals surface area contributed by atoms with Gasteiger partial charge in [-0.3, -0.25) is 0 Å². The number of carboxylic acids is 1. The molecule has 0 aromatic heterocycles. The van der Waals surface area contributed by atoms with Gasteiger partial charge in [0.25, 0.3) is 0 Å². The van der Waals surface area contributed by atoms with Crippen LogP contribution in [0.15, 0.2) is 24.3 Å². The highest BCUT2D eigenvalue weighted by Gasteiger charge is 2.71. The van der Waals surface area contributed by atoms with E-state index in [1.807, 2.05) is 0 Å². The third-order valence-electron chi connectivity index (χ3n) is 7.90. The van der Waals surface area contributed by atoms with Gasteiger partial charge in [0.1, 0.15) is 6.04 Å². The highest BCUT2D eigenvalue weighted by atomic mass is 16.4. The van der Waals surface area contributed by atoms with Crippen LogP contribution in [0.2, 0.25) is 0 Å². The number of aliphatic carboxylic acids is 1. The largest absolute Gasteiger partial charge is 0.550 e. The van der Waals surface area contributed by atoms with Crippen molar-refractivity contribution in [3.05, 3.63) is 29.8 Å². The number of quaternary nitrogens is 1. The monoisotopic (exact) mass is 326 g/mol. The number of benzene rings is 1. The number of piperidine rings is 1. The average molecular weight is 326 g/mol. The third kappa shape index (κ3) is 1.56. The molecule has 6 atom stereocenters. The summed E-state index contributed by atoms with van der Waals surface area (Å²) in [7, 11) is 0. The molecular weight excluding hydrogens is 300 g/mol. The summed E-state index contributed by atoms with van der Waals surface area (Å²) in [6.45, 7) is 4.70. The molecule has 1 unspecified atom stereocenters. The molecule has 0 radical (unpaired) electrons. The summed E-state index contributed by atoms with van der Waals surface area (Å²) in [6, 6.07) is 9.11. The highest BCUT2D eigenvalue weighted by molar-refractivity contribution is 5.74. The van der Waals surface area contributed by atoms with Gasteiger partial charge in [-0.15, -0.1) is 0 Å². The molecule has 24 heavy (non-hydrogen) atoms. The highest BCUT2D eigenvalue weighted by Crippen LogP contribution is 2.61. The molecule has 5 rings (SSSR count). The molecule has 4 nitrogen and oxygen atoms in total. The maximum atomic E-state index is 12.1. The second-order valence-electron chi connectivity index (χ2n) is 8.50. The van der Waals surface area contributed by atoms with Gasteiger partial charge in [-0.2, -0.15) is 0 Å². The zero-order chi connectivity index (χ0) is 16.5. The first kappa shape index (κ1) is 14.8. The van der Waals surface area contributed by atoms with Gasteiger partial charge in [-0.1, -0.05) is 25.1 Å². The number of carboxylic acid groups (broad SMARTS) is 1. The van der Waals surface area contributed by atoms with Crippen molar-refractivity contribution in [3.63, 3.8) is 0 Å². The summed E-state index contributed by atoms with van der Waals surface area (Å²) in [6.07, 6.45) is 5.38. The van der Waals surface area contributed by atoms with Crippen LogP contribution in [0.4, 0.5) is 5.69 Å². The first-order chi connectivity index (χ1) is 11.6. The molecule has 3 fully saturated rings. The van der Waals surface area contributed by atoms with Gasteiger partial charge in [-0.25, -0.2) is 0 Å². The maximum Gasteiger partial charge on any atom is 0.105 e. The number of fused-ring (bicyclic) bond motifs is 1. The number of rotatable bonds is 2. The zero-order valence-electron chi connectivity index (χ0n) is 14.3. The smallest absolute Gasteiger partial charge is 0.105 e. The molecule has 0 amide bonds. The molecule has 1 aromatic rings. The van der Waals surface area contributed by atoms with Crippen LogP contribution in [0, 0.1) is 11.3 Å². The molecule has 1 aliphatic carbocycles. The van der Waals surface area contributed by atoms with E-state index in [4.69, 9.17) is 0 Å². The lowest BCUT2D eigenvalue weighted by Gasteiger charge is -2.57. The molecule has 1 aromatic carbocycles. The van der Waals surface area contributed by atoms with E-state index in [1.165, 1.54) is 31.5 Å². The molecule has 2 saturated heterocycles. The predicted molar refractivity (Wildman–Crippen MR) is 89.7 cm³/mol. The first-order valence-electron chi connectivity index (χ1n) is 9.54. The standard InChI is InChI=1S/C20H26N2O2/c1-2-19-8-5-10-22-11-9-20(18(19)22)14-6-3-4-7-15(14)21-16(20)13(12-19)17(23)24/h3-4,6-7,13,16,18,21H,2,5,8-12H2,1H3,(H,23,24)/t13-,16-,18+,19+,20+/m1/s1. The molecule has 128 valence electrons. The van der Waals surface area contributed by atoms with Crippen molar-refractivity contribution in [3.8, 4) is 0 Å². The van der Waals surface area contributed by atoms with E-state index in [9.17, 15) is 9.90 Å². The second-order valence-corrected chi connectivity index (χ2v) is 8.50. The Bertz CT molecular complexity index is 705. The SMILES string of the molecule is CC[C@]12CCC[NH+]3CC[C@@]4(c5ccccc5N[C@@H]4[C@H](C(=O)[O-])C1)[C@@H]32. The Hall–Kier alpha value is -1.55. The van der Waals surface area contributed by atoms with E-state index < -0.39 is 5.97 Å². The minimum atomic E-state index is -0.857. The number of hydrogen-bond acceptors (Lipinski definition) is 3. The van der Waals surface area contributed by atoms with Crippen molar-refractivity contribution in [2.45, 2.75) is 56.5 Å². The molecule has 4 aliphatic rings. The Labute approximate surface area is 143 Å². The number of carbonyl (C=O) groups excluding carboxylic acids is 1. The molecule has 2 N–H and O–H groups in total. The van der Waals surface area contributed by atoms with Gasteiger partial charge in [-0.05, 0) is 37.3 Å². The van der Waals surface area contributed by atoms with Crippen molar-refractivity contribution in [2.24, 2.45) is 11.3 Å². The number of anilines is 1. The lowest BCUT2D eigenvalue weighted by atomic mass is 9.49. The van der Waals surface area contributed by atoms with Crippen molar-refractivity contribution in [2.75, 3.05) is 18.4 Å². The molecule has 0 bridgehead atoms. The summed E-state index contributed by atoms with van der Waals surface area (Å²) < 4.78 is 0. The van der Waals surface area contributed by atoms with Crippen LogP contribution in [0.3, 0.4) is 0 Å². The number of carbonyl (C=O) groups is 1. The Morgan fingerprint density at radius 3 is 2.96 bits per heavy atom. The molecule has 1 saturated carbocycles. The second kappa shape index (κ2) is 4.75. The summed E-state index contributed by atoms with van der Waals surface area (Å²) >= 11 is 0. The molecule has 4 heteroatoms. The van der Waals surface area contributed by atoms with Crippen LogP contribution < -0.4 is 15.3 Å². The van der Waals surface area contributed by atoms with Crippen LogP contribution in [-0.2, 0) is 10.2 Å². The maximum absolute atomic E-state index is 12.1. The van der Waals surface area contributed by atoms with E-state index in [1.54, 1.807) is 4.90 Å². The van der Waals surface area contributed by atoms with Crippen LogP contribution in [0.25, 0.3) is 0 Å². The summed E-state index contributed by atoms with van der Waals surface area (Å²) in [5.74, 6) is -1.24. The van der Waals surface area contributed by atoms with Crippen molar-refractivity contribution >= 4 is 11.7 Å². The minimum Gasteiger partial charge on any atom is -0.550 e. The number of nitrogens with one attached hydrogen (secondary N) is 2. The molecule has 1 spiro atoms. The normalized spacial score (nSPS) is 45.0. The van der Waals surface area contributed by atoms with E-state index in [0.29, 0.717) is 6.04 Å². The summed E-state index contributed by atoms with van der Waals surface area (Å²) in [5.41, 5.74) is 2.67. The van der Waals surface area contributed by atoms with E-state index >= 15 is 0 Å². The predicted octanol–water partition coefficient (Wildman–Crippen LogP) is 0.336. The lowest BCUT2D eigenvalue weighted by molar-refractivity contribution is -0.930. The van der Waals surface area contributed by atoms with Crippen LogP contribution in [-0.4, -0.2) is 31.1 Å². The fraction of sp³-hybridized carbons (Fsp3) is 0.650. The van der Waals surface area contributed by atoms with Gasteiger partial charge in [0.15, 0.2) is 0 Å². The van der Waals surface area contributed by atoms with Gasteiger partial charge >= 0.3 is 0 Å². The Kier molecular flexibility index (Phi) is 2.92.